The zero-order valence-corrected chi connectivity index (χ0v) is 11.6. The van der Waals surface area contributed by atoms with Gasteiger partial charge in [0.15, 0.2) is 0 Å². The maximum absolute atomic E-state index is 6.27. The van der Waals surface area contributed by atoms with Crippen LogP contribution in [0, 0.1) is 5.41 Å². The van der Waals surface area contributed by atoms with Gasteiger partial charge >= 0.3 is 0 Å². The molecule has 0 bridgehead atoms. The average Bonchev–Trinajstić information content (AvgIpc) is 2.70. The summed E-state index contributed by atoms with van der Waals surface area (Å²) in [6.45, 7) is 7.62. The van der Waals surface area contributed by atoms with E-state index in [1.165, 1.54) is 19.3 Å². The maximum atomic E-state index is 6.27. The normalized spacial score (nSPS) is 27.9. The first kappa shape index (κ1) is 13.5. The minimum Gasteiger partial charge on any atom is -0.327 e. The van der Waals surface area contributed by atoms with E-state index in [1.54, 1.807) is 0 Å². The fourth-order valence-corrected chi connectivity index (χ4v) is 2.97. The van der Waals surface area contributed by atoms with Crippen LogP contribution in [0.4, 0.5) is 0 Å². The van der Waals surface area contributed by atoms with Gasteiger partial charge in [0, 0.05) is 25.3 Å². The largest absolute Gasteiger partial charge is 0.327 e. The van der Waals surface area contributed by atoms with E-state index in [0.29, 0.717) is 6.04 Å². The molecule has 0 radical (unpaired) electrons. The van der Waals surface area contributed by atoms with Gasteiger partial charge in [0.2, 0.25) is 0 Å². The van der Waals surface area contributed by atoms with Gasteiger partial charge in [-0.05, 0) is 36.9 Å². The predicted molar refractivity (Wildman–Crippen MR) is 75.1 cm³/mol. The van der Waals surface area contributed by atoms with Crippen LogP contribution in [0.25, 0.3) is 0 Å². The highest BCUT2D eigenvalue weighted by Crippen LogP contribution is 2.37. The van der Waals surface area contributed by atoms with Crippen molar-refractivity contribution in [1.29, 1.82) is 0 Å². The SMILES string of the molecule is CCN(Cc1ccccn1)CC1(C)CCCC1N. The third-order valence-corrected chi connectivity index (χ3v) is 4.30. The van der Waals surface area contributed by atoms with Crippen molar-refractivity contribution in [2.45, 2.75) is 45.7 Å². The average molecular weight is 247 g/mol. The molecule has 2 rings (SSSR count). The van der Waals surface area contributed by atoms with Crippen molar-refractivity contribution in [3.8, 4) is 0 Å². The Bertz CT molecular complexity index is 365. The molecule has 0 aromatic carbocycles. The van der Waals surface area contributed by atoms with Gasteiger partial charge in [-0.1, -0.05) is 26.3 Å². The Kier molecular flexibility index (Phi) is 4.36. The molecule has 1 aliphatic carbocycles. The lowest BCUT2D eigenvalue weighted by Crippen LogP contribution is -2.44. The van der Waals surface area contributed by atoms with Crippen molar-refractivity contribution in [2.75, 3.05) is 13.1 Å². The molecular weight excluding hydrogens is 222 g/mol. The van der Waals surface area contributed by atoms with Gasteiger partial charge in [0.25, 0.3) is 0 Å². The molecule has 100 valence electrons. The van der Waals surface area contributed by atoms with E-state index in [1.807, 2.05) is 12.3 Å². The van der Waals surface area contributed by atoms with E-state index in [0.717, 1.165) is 25.3 Å². The third-order valence-electron chi connectivity index (χ3n) is 4.30. The summed E-state index contributed by atoms with van der Waals surface area (Å²) in [5.41, 5.74) is 7.70. The standard InChI is InChI=1S/C15H25N3/c1-3-18(11-13-7-4-5-10-17-13)12-15(2)9-6-8-14(15)16/h4-5,7,10,14H,3,6,8-9,11-12,16H2,1-2H3. The highest BCUT2D eigenvalue weighted by Gasteiger charge is 2.37. The minimum absolute atomic E-state index is 0.283. The van der Waals surface area contributed by atoms with Crippen molar-refractivity contribution in [3.05, 3.63) is 30.1 Å². The highest BCUT2D eigenvalue weighted by molar-refractivity contribution is 5.04. The number of hydrogen-bond acceptors (Lipinski definition) is 3. The summed E-state index contributed by atoms with van der Waals surface area (Å²) in [5, 5.41) is 0. The third kappa shape index (κ3) is 3.09. The summed E-state index contributed by atoms with van der Waals surface area (Å²) in [4.78, 5) is 6.88. The van der Waals surface area contributed by atoms with E-state index in [9.17, 15) is 0 Å². The molecule has 1 heterocycles. The quantitative estimate of drug-likeness (QED) is 0.869. The molecule has 2 N–H and O–H groups in total. The Morgan fingerprint density at radius 1 is 1.50 bits per heavy atom. The van der Waals surface area contributed by atoms with Gasteiger partial charge in [-0.2, -0.15) is 0 Å². The monoisotopic (exact) mass is 247 g/mol. The van der Waals surface area contributed by atoms with Crippen LogP contribution in [0.5, 0.6) is 0 Å². The fraction of sp³-hybridized carbons (Fsp3) is 0.667. The minimum atomic E-state index is 0.283. The molecular formula is C15H25N3. The summed E-state index contributed by atoms with van der Waals surface area (Å²) in [5.74, 6) is 0. The van der Waals surface area contributed by atoms with Gasteiger partial charge in [-0.25, -0.2) is 0 Å². The second-order valence-electron chi connectivity index (χ2n) is 5.78. The topological polar surface area (TPSA) is 42.2 Å². The van der Waals surface area contributed by atoms with Crippen LogP contribution in [0.3, 0.4) is 0 Å². The molecule has 0 aliphatic heterocycles. The van der Waals surface area contributed by atoms with Gasteiger partial charge < -0.3 is 5.73 Å². The first-order valence-electron chi connectivity index (χ1n) is 7.02. The van der Waals surface area contributed by atoms with E-state index in [-0.39, 0.29) is 5.41 Å². The summed E-state index contributed by atoms with van der Waals surface area (Å²) in [6, 6.07) is 6.47. The van der Waals surface area contributed by atoms with Crippen LogP contribution < -0.4 is 5.73 Å². The van der Waals surface area contributed by atoms with Gasteiger partial charge in [0.1, 0.15) is 0 Å². The molecule has 1 aromatic heterocycles. The molecule has 2 atom stereocenters. The second kappa shape index (κ2) is 5.81. The molecule has 2 unspecified atom stereocenters. The fourth-order valence-electron chi connectivity index (χ4n) is 2.97. The lowest BCUT2D eigenvalue weighted by molar-refractivity contribution is 0.151. The number of aromatic nitrogens is 1. The molecule has 3 nitrogen and oxygen atoms in total. The molecule has 1 fully saturated rings. The van der Waals surface area contributed by atoms with E-state index in [4.69, 9.17) is 5.73 Å². The van der Waals surface area contributed by atoms with Crippen molar-refractivity contribution >= 4 is 0 Å². The number of rotatable bonds is 5. The number of pyridine rings is 1. The summed E-state index contributed by atoms with van der Waals surface area (Å²) >= 11 is 0. The van der Waals surface area contributed by atoms with Gasteiger partial charge in [0.05, 0.1) is 5.69 Å². The molecule has 1 saturated carbocycles. The Balaban J connectivity index is 1.97. The highest BCUT2D eigenvalue weighted by atomic mass is 15.1. The molecule has 0 saturated heterocycles. The lowest BCUT2D eigenvalue weighted by atomic mass is 9.84. The first-order valence-corrected chi connectivity index (χ1v) is 7.02. The number of nitrogens with two attached hydrogens (primary N) is 1. The van der Waals surface area contributed by atoms with Crippen LogP contribution in [0.15, 0.2) is 24.4 Å². The smallest absolute Gasteiger partial charge is 0.0543 e. The van der Waals surface area contributed by atoms with E-state index >= 15 is 0 Å². The molecule has 0 amide bonds. The zero-order valence-electron chi connectivity index (χ0n) is 11.6. The summed E-state index contributed by atoms with van der Waals surface area (Å²) in [6.07, 6.45) is 5.58. The van der Waals surface area contributed by atoms with Gasteiger partial charge in [-0.15, -0.1) is 0 Å². The second-order valence-corrected chi connectivity index (χ2v) is 5.78. The van der Waals surface area contributed by atoms with E-state index < -0.39 is 0 Å². The predicted octanol–water partition coefficient (Wildman–Crippen LogP) is 2.42. The van der Waals surface area contributed by atoms with Gasteiger partial charge in [-0.3, -0.25) is 9.88 Å². The van der Waals surface area contributed by atoms with Crippen molar-refractivity contribution in [3.63, 3.8) is 0 Å². The Labute approximate surface area is 110 Å². The lowest BCUT2D eigenvalue weighted by Gasteiger charge is -2.35. The molecule has 18 heavy (non-hydrogen) atoms. The number of nitrogens with zero attached hydrogens (tertiary/aromatic N) is 2. The Hall–Kier alpha value is -0.930. The van der Waals surface area contributed by atoms with Crippen LogP contribution >= 0.6 is 0 Å². The molecule has 0 spiro atoms. The summed E-state index contributed by atoms with van der Waals surface area (Å²) in [7, 11) is 0. The van der Waals surface area contributed by atoms with Crippen molar-refractivity contribution in [1.82, 2.24) is 9.88 Å². The van der Waals surface area contributed by atoms with E-state index in [2.05, 4.69) is 35.9 Å². The van der Waals surface area contributed by atoms with Crippen molar-refractivity contribution in [2.24, 2.45) is 11.1 Å². The molecule has 1 aliphatic rings. The Morgan fingerprint density at radius 2 is 2.33 bits per heavy atom. The number of hydrogen-bond donors (Lipinski definition) is 1. The summed E-state index contributed by atoms with van der Waals surface area (Å²) < 4.78 is 0. The van der Waals surface area contributed by atoms with Crippen LogP contribution in [0.2, 0.25) is 0 Å². The van der Waals surface area contributed by atoms with Crippen LogP contribution in [-0.4, -0.2) is 29.0 Å². The van der Waals surface area contributed by atoms with Crippen molar-refractivity contribution < 1.29 is 0 Å². The first-order chi connectivity index (χ1) is 8.64. The molecule has 3 heteroatoms. The van der Waals surface area contributed by atoms with Crippen LogP contribution in [-0.2, 0) is 6.54 Å². The van der Waals surface area contributed by atoms with Crippen LogP contribution in [0.1, 0.15) is 38.8 Å². The maximum Gasteiger partial charge on any atom is 0.0543 e. The Morgan fingerprint density at radius 3 is 2.89 bits per heavy atom. The molecule has 1 aromatic rings. The zero-order chi connectivity index (χ0) is 13.0.